The lowest BCUT2D eigenvalue weighted by atomic mass is 10.3. The molecule has 1 aliphatic rings. The summed E-state index contributed by atoms with van der Waals surface area (Å²) >= 11 is 0. The van der Waals surface area contributed by atoms with Crippen molar-refractivity contribution >= 4 is 11.8 Å². The van der Waals surface area contributed by atoms with E-state index in [4.69, 9.17) is 0 Å². The average molecular weight is 183 g/mol. The molecule has 1 rings (SSSR count). The zero-order valence-corrected chi connectivity index (χ0v) is 7.88. The first-order valence-electron chi connectivity index (χ1n) is 4.50. The van der Waals surface area contributed by atoms with Gasteiger partial charge in [-0.25, -0.2) is 0 Å². The third kappa shape index (κ3) is 2.72. The van der Waals surface area contributed by atoms with Crippen LogP contribution < -0.4 is 5.32 Å². The van der Waals surface area contributed by atoms with E-state index in [-0.39, 0.29) is 11.8 Å². The molecule has 0 saturated carbocycles. The molecular weight excluding hydrogens is 168 g/mol. The minimum atomic E-state index is -0.629. The molecule has 0 aromatic heterocycles. The molecule has 2 amide bonds. The molecule has 1 N–H and O–H groups in total. The molecule has 1 unspecified atom stereocenters. The van der Waals surface area contributed by atoms with Crippen molar-refractivity contribution in [2.45, 2.75) is 25.8 Å². The summed E-state index contributed by atoms with van der Waals surface area (Å²) < 4.78 is 0. The number of nitrogens with one attached hydrogen (secondary N) is 1. The predicted molar refractivity (Wildman–Crippen MR) is 48.8 cm³/mol. The van der Waals surface area contributed by atoms with Crippen LogP contribution in [0.2, 0.25) is 0 Å². The van der Waals surface area contributed by atoms with Crippen LogP contribution in [0.5, 0.6) is 0 Å². The summed E-state index contributed by atoms with van der Waals surface area (Å²) in [4.78, 5) is 23.9. The van der Waals surface area contributed by atoms with Gasteiger partial charge in [-0.1, -0.05) is 0 Å². The monoisotopic (exact) mass is 183 g/mol. The summed E-state index contributed by atoms with van der Waals surface area (Å²) in [5.74, 6) is -0.291. The molecule has 0 aliphatic carbocycles. The standard InChI is InChI=1S/C9H15N2O2/c1-7(10-8(2)12)9(13)11-5-3-4-6-11/h7H,1,3-6H2,2H3,(H,10,12). The van der Waals surface area contributed by atoms with Gasteiger partial charge in [0.05, 0.1) is 0 Å². The van der Waals surface area contributed by atoms with Gasteiger partial charge in [0.15, 0.2) is 0 Å². The van der Waals surface area contributed by atoms with Crippen LogP contribution in [0, 0.1) is 6.92 Å². The largest absolute Gasteiger partial charge is 0.345 e. The van der Waals surface area contributed by atoms with Gasteiger partial charge in [0.1, 0.15) is 6.04 Å². The summed E-state index contributed by atoms with van der Waals surface area (Å²) in [5, 5.41) is 2.48. The summed E-state index contributed by atoms with van der Waals surface area (Å²) in [6, 6.07) is -0.629. The second-order valence-electron chi connectivity index (χ2n) is 3.29. The molecule has 0 spiro atoms. The van der Waals surface area contributed by atoms with Crippen LogP contribution in [-0.2, 0) is 9.59 Å². The average Bonchev–Trinajstić information content (AvgIpc) is 2.53. The normalized spacial score (nSPS) is 18.5. The van der Waals surface area contributed by atoms with E-state index < -0.39 is 6.04 Å². The highest BCUT2D eigenvalue weighted by Gasteiger charge is 2.23. The first-order valence-corrected chi connectivity index (χ1v) is 4.50. The van der Waals surface area contributed by atoms with Crippen LogP contribution in [0.1, 0.15) is 19.8 Å². The Kier molecular flexibility index (Phi) is 3.28. The fourth-order valence-corrected chi connectivity index (χ4v) is 1.47. The van der Waals surface area contributed by atoms with Gasteiger partial charge in [-0.2, -0.15) is 0 Å². The molecule has 4 nitrogen and oxygen atoms in total. The first kappa shape index (κ1) is 10.0. The number of hydrogen-bond donors (Lipinski definition) is 1. The number of carbonyl (C=O) groups is 2. The minimum Gasteiger partial charge on any atom is -0.345 e. The third-order valence-electron chi connectivity index (χ3n) is 2.09. The quantitative estimate of drug-likeness (QED) is 0.652. The van der Waals surface area contributed by atoms with Gasteiger partial charge in [-0.15, -0.1) is 0 Å². The predicted octanol–water partition coefficient (Wildman–Crippen LogP) is -0.0524. The maximum atomic E-state index is 11.5. The van der Waals surface area contributed by atoms with Gasteiger partial charge in [-0.3, -0.25) is 9.59 Å². The molecule has 1 aliphatic heterocycles. The molecule has 1 heterocycles. The molecular formula is C9H15N2O2. The van der Waals surface area contributed by atoms with E-state index in [0.717, 1.165) is 25.9 Å². The number of likely N-dealkylation sites (tertiary alicyclic amines) is 1. The number of amides is 2. The zero-order chi connectivity index (χ0) is 9.84. The van der Waals surface area contributed by atoms with E-state index in [9.17, 15) is 9.59 Å². The highest BCUT2D eigenvalue weighted by molar-refractivity contribution is 5.87. The number of hydrogen-bond acceptors (Lipinski definition) is 2. The van der Waals surface area contributed by atoms with E-state index in [1.807, 2.05) is 0 Å². The van der Waals surface area contributed by atoms with E-state index in [2.05, 4.69) is 12.2 Å². The van der Waals surface area contributed by atoms with Crippen molar-refractivity contribution in [3.63, 3.8) is 0 Å². The highest BCUT2D eigenvalue weighted by Crippen LogP contribution is 2.08. The number of carbonyl (C=O) groups excluding carboxylic acids is 2. The van der Waals surface area contributed by atoms with Crippen LogP contribution in [0.4, 0.5) is 0 Å². The van der Waals surface area contributed by atoms with E-state index in [1.165, 1.54) is 6.92 Å². The summed E-state index contributed by atoms with van der Waals surface area (Å²) in [7, 11) is 0. The van der Waals surface area contributed by atoms with Crippen molar-refractivity contribution in [3.8, 4) is 0 Å². The van der Waals surface area contributed by atoms with E-state index >= 15 is 0 Å². The fraction of sp³-hybridized carbons (Fsp3) is 0.667. The molecule has 1 atom stereocenters. The Hall–Kier alpha value is -1.06. The molecule has 4 heteroatoms. The zero-order valence-electron chi connectivity index (χ0n) is 7.88. The summed E-state index contributed by atoms with van der Waals surface area (Å²) in [5.41, 5.74) is 0. The van der Waals surface area contributed by atoms with Crippen molar-refractivity contribution in [2.24, 2.45) is 0 Å². The Morgan fingerprint density at radius 1 is 1.38 bits per heavy atom. The van der Waals surface area contributed by atoms with Crippen molar-refractivity contribution in [2.75, 3.05) is 13.1 Å². The molecule has 0 aromatic carbocycles. The van der Waals surface area contributed by atoms with Crippen LogP contribution in [0.3, 0.4) is 0 Å². The lowest BCUT2D eigenvalue weighted by Crippen LogP contribution is -2.45. The molecule has 1 saturated heterocycles. The SMILES string of the molecule is [CH2]C(NC(C)=O)C(=O)N1CCCC1. The second-order valence-corrected chi connectivity index (χ2v) is 3.29. The number of nitrogens with zero attached hydrogens (tertiary/aromatic N) is 1. The molecule has 1 fully saturated rings. The van der Waals surface area contributed by atoms with Crippen LogP contribution in [0.25, 0.3) is 0 Å². The number of rotatable bonds is 2. The molecule has 73 valence electrons. The Morgan fingerprint density at radius 3 is 2.38 bits per heavy atom. The second kappa shape index (κ2) is 4.25. The van der Waals surface area contributed by atoms with Crippen LogP contribution in [-0.4, -0.2) is 35.8 Å². The van der Waals surface area contributed by atoms with Gasteiger partial charge >= 0.3 is 0 Å². The van der Waals surface area contributed by atoms with Gasteiger partial charge < -0.3 is 10.2 Å². The van der Waals surface area contributed by atoms with Gasteiger partial charge in [0.25, 0.3) is 0 Å². The summed E-state index contributed by atoms with van der Waals surface area (Å²) in [6.07, 6.45) is 2.11. The van der Waals surface area contributed by atoms with Crippen molar-refractivity contribution in [1.29, 1.82) is 0 Å². The van der Waals surface area contributed by atoms with Crippen LogP contribution >= 0.6 is 0 Å². The highest BCUT2D eigenvalue weighted by atomic mass is 16.2. The maximum absolute atomic E-state index is 11.5. The molecule has 1 radical (unpaired) electrons. The summed E-state index contributed by atoms with van der Waals surface area (Å²) in [6.45, 7) is 6.58. The topological polar surface area (TPSA) is 49.4 Å². The molecule has 0 aromatic rings. The Morgan fingerprint density at radius 2 is 1.92 bits per heavy atom. The Balaban J connectivity index is 2.41. The Bertz CT molecular complexity index is 210. The third-order valence-corrected chi connectivity index (χ3v) is 2.09. The smallest absolute Gasteiger partial charge is 0.245 e. The van der Waals surface area contributed by atoms with Gasteiger partial charge in [-0.05, 0) is 19.8 Å². The lowest BCUT2D eigenvalue weighted by Gasteiger charge is -2.20. The fourth-order valence-electron chi connectivity index (χ4n) is 1.47. The molecule has 0 bridgehead atoms. The van der Waals surface area contributed by atoms with Crippen molar-refractivity contribution < 1.29 is 9.59 Å². The van der Waals surface area contributed by atoms with E-state index in [1.54, 1.807) is 4.90 Å². The van der Waals surface area contributed by atoms with Crippen molar-refractivity contribution in [1.82, 2.24) is 10.2 Å². The maximum Gasteiger partial charge on any atom is 0.245 e. The Labute approximate surface area is 78.3 Å². The van der Waals surface area contributed by atoms with Crippen molar-refractivity contribution in [3.05, 3.63) is 6.92 Å². The first-order chi connectivity index (χ1) is 6.11. The van der Waals surface area contributed by atoms with E-state index in [0.29, 0.717) is 0 Å². The molecule has 13 heavy (non-hydrogen) atoms. The van der Waals surface area contributed by atoms with Gasteiger partial charge in [0, 0.05) is 20.0 Å². The van der Waals surface area contributed by atoms with Crippen LogP contribution in [0.15, 0.2) is 0 Å². The lowest BCUT2D eigenvalue weighted by molar-refractivity contribution is -0.133. The minimum absolute atomic E-state index is 0.0762. The van der Waals surface area contributed by atoms with Gasteiger partial charge in [0.2, 0.25) is 11.8 Å².